The number of ether oxygens (including phenoxy) is 2. The highest BCUT2D eigenvalue weighted by atomic mass is 19.2. The molecule has 2 rings (SSSR count). The Hall–Kier alpha value is -3.85. The average molecular weight is 408 g/mol. The maximum absolute atomic E-state index is 13.4. The van der Waals surface area contributed by atoms with Gasteiger partial charge in [0.25, 0.3) is 0 Å². The molecule has 0 aliphatic rings. The summed E-state index contributed by atoms with van der Waals surface area (Å²) in [7, 11) is 0. The van der Waals surface area contributed by atoms with Crippen LogP contribution in [-0.4, -0.2) is 25.2 Å². The molecule has 148 valence electrons. The van der Waals surface area contributed by atoms with Crippen LogP contribution in [0.15, 0.2) is 30.3 Å². The van der Waals surface area contributed by atoms with Crippen molar-refractivity contribution in [2.24, 2.45) is 0 Å². The topological polar surface area (TPSA) is 52.6 Å². The van der Waals surface area contributed by atoms with E-state index in [1.54, 1.807) is 30.3 Å². The van der Waals surface area contributed by atoms with E-state index in [4.69, 9.17) is 4.74 Å². The molecule has 0 fully saturated rings. The summed E-state index contributed by atoms with van der Waals surface area (Å²) in [6.45, 7) is -0.996. The lowest BCUT2D eigenvalue weighted by Gasteiger charge is -2.06. The summed E-state index contributed by atoms with van der Waals surface area (Å²) in [4.78, 5) is 23.1. The van der Waals surface area contributed by atoms with Gasteiger partial charge in [0, 0.05) is 0 Å². The Balaban J connectivity index is 1.87. The number of benzene rings is 2. The first-order chi connectivity index (χ1) is 13.8. The van der Waals surface area contributed by atoms with Crippen LogP contribution in [-0.2, 0) is 9.47 Å². The van der Waals surface area contributed by atoms with Gasteiger partial charge in [-0.3, -0.25) is 0 Å². The van der Waals surface area contributed by atoms with E-state index in [1.165, 1.54) is 0 Å². The highest BCUT2D eigenvalue weighted by Gasteiger charge is 2.30. The molecule has 0 bridgehead atoms. The molecule has 0 radical (unpaired) electrons. The van der Waals surface area contributed by atoms with Crippen LogP contribution in [0, 0.1) is 52.8 Å². The molecule has 0 saturated heterocycles. The lowest BCUT2D eigenvalue weighted by Crippen LogP contribution is -2.15. The van der Waals surface area contributed by atoms with Crippen LogP contribution in [0.1, 0.15) is 20.7 Å². The van der Waals surface area contributed by atoms with Gasteiger partial charge in [0.1, 0.15) is 5.56 Å². The number of halogens is 5. The zero-order valence-electron chi connectivity index (χ0n) is 14.3. The Morgan fingerprint density at radius 1 is 0.690 bits per heavy atom. The molecule has 0 heterocycles. The highest BCUT2D eigenvalue weighted by Crippen LogP contribution is 2.23. The molecular weight excluding hydrogens is 399 g/mol. The monoisotopic (exact) mass is 408 g/mol. The smallest absolute Gasteiger partial charge is 0.345 e. The van der Waals surface area contributed by atoms with Crippen LogP contribution in [0.25, 0.3) is 0 Å². The third-order valence-corrected chi connectivity index (χ3v) is 3.21. The van der Waals surface area contributed by atoms with Crippen molar-refractivity contribution < 1.29 is 41.0 Å². The second-order valence-electron chi connectivity index (χ2n) is 5.07. The number of carbonyl (C=O) groups is 2. The minimum Gasteiger partial charge on any atom is -0.449 e. The van der Waals surface area contributed by atoms with Crippen LogP contribution < -0.4 is 0 Å². The van der Waals surface area contributed by atoms with E-state index in [9.17, 15) is 31.5 Å². The second kappa shape index (κ2) is 9.90. The van der Waals surface area contributed by atoms with Gasteiger partial charge in [0.2, 0.25) is 5.82 Å². The fourth-order valence-corrected chi connectivity index (χ4v) is 1.88. The first kappa shape index (κ1) is 21.5. The van der Waals surface area contributed by atoms with Gasteiger partial charge in [-0.1, -0.05) is 18.2 Å². The molecule has 0 saturated carbocycles. The Kier molecular flexibility index (Phi) is 7.33. The van der Waals surface area contributed by atoms with Crippen LogP contribution in [0.3, 0.4) is 0 Å². The molecule has 0 amide bonds. The minimum atomic E-state index is -2.39. The van der Waals surface area contributed by atoms with Crippen molar-refractivity contribution in [3.05, 3.63) is 70.5 Å². The molecule has 0 aromatic heterocycles. The van der Waals surface area contributed by atoms with Gasteiger partial charge in [-0.05, 0) is 35.8 Å². The van der Waals surface area contributed by atoms with Crippen molar-refractivity contribution >= 4 is 11.9 Å². The molecule has 4 nitrogen and oxygen atoms in total. The molecule has 2 aromatic rings. The number of hydrogen-bond donors (Lipinski definition) is 0. The van der Waals surface area contributed by atoms with E-state index in [2.05, 4.69) is 28.4 Å². The minimum absolute atomic E-state index is 0.271. The predicted octanol–water partition coefficient (Wildman–Crippen LogP) is 3.40. The van der Waals surface area contributed by atoms with Gasteiger partial charge >= 0.3 is 11.9 Å². The van der Waals surface area contributed by atoms with Crippen LogP contribution in [0.5, 0.6) is 0 Å². The molecule has 0 aliphatic carbocycles. The predicted molar refractivity (Wildman–Crippen MR) is 88.8 cm³/mol. The SMILES string of the molecule is O=C(OCC#CC#CCOC(=O)c1c(F)c(F)c(F)c(F)c1F)c1ccccc1. The van der Waals surface area contributed by atoms with Crippen molar-refractivity contribution in [3.63, 3.8) is 0 Å². The fourth-order valence-electron chi connectivity index (χ4n) is 1.88. The maximum Gasteiger partial charge on any atom is 0.345 e. The lowest BCUT2D eigenvalue weighted by atomic mass is 10.1. The molecule has 29 heavy (non-hydrogen) atoms. The molecule has 0 aliphatic heterocycles. The summed E-state index contributed by atoms with van der Waals surface area (Å²) in [6, 6.07) is 8.14. The van der Waals surface area contributed by atoms with Gasteiger partial charge in [-0.15, -0.1) is 0 Å². The van der Waals surface area contributed by atoms with E-state index in [1.807, 2.05) is 0 Å². The molecule has 0 unspecified atom stereocenters. The van der Waals surface area contributed by atoms with Gasteiger partial charge in [0.15, 0.2) is 36.5 Å². The summed E-state index contributed by atoms with van der Waals surface area (Å²) >= 11 is 0. The van der Waals surface area contributed by atoms with E-state index in [0.717, 1.165) is 0 Å². The van der Waals surface area contributed by atoms with Gasteiger partial charge in [-0.25, -0.2) is 31.5 Å². The number of hydrogen-bond acceptors (Lipinski definition) is 4. The third kappa shape index (κ3) is 5.33. The van der Waals surface area contributed by atoms with E-state index in [-0.39, 0.29) is 6.61 Å². The first-order valence-corrected chi connectivity index (χ1v) is 7.71. The van der Waals surface area contributed by atoms with Crippen LogP contribution >= 0.6 is 0 Å². The van der Waals surface area contributed by atoms with Crippen molar-refractivity contribution in [1.29, 1.82) is 0 Å². The van der Waals surface area contributed by atoms with Gasteiger partial charge in [0.05, 0.1) is 5.56 Å². The molecule has 2 aromatic carbocycles. The Morgan fingerprint density at radius 3 is 1.66 bits per heavy atom. The van der Waals surface area contributed by atoms with Crippen molar-refractivity contribution in [2.75, 3.05) is 13.2 Å². The standard InChI is InChI=1S/C20H9F5O4/c21-14-13(15(22)17(24)18(25)16(14)23)20(27)29-11-7-2-1-6-10-28-19(26)12-8-4-3-5-9-12/h3-5,8-9H,10-11H2. The summed E-state index contributed by atoms with van der Waals surface area (Å²) in [5, 5.41) is 0. The van der Waals surface area contributed by atoms with Crippen molar-refractivity contribution in [3.8, 4) is 23.7 Å². The number of esters is 2. The normalized spacial score (nSPS) is 9.55. The Morgan fingerprint density at radius 2 is 1.14 bits per heavy atom. The lowest BCUT2D eigenvalue weighted by molar-refractivity contribution is 0.0537. The largest absolute Gasteiger partial charge is 0.449 e. The summed E-state index contributed by atoms with van der Waals surface area (Å²) in [5.74, 6) is -4.91. The van der Waals surface area contributed by atoms with E-state index in [0.29, 0.717) is 5.56 Å². The van der Waals surface area contributed by atoms with Gasteiger partial charge in [-0.2, -0.15) is 0 Å². The molecular formula is C20H9F5O4. The molecule has 0 atom stereocenters. The summed E-state index contributed by atoms with van der Waals surface area (Å²) < 4.78 is 75.0. The maximum atomic E-state index is 13.4. The second-order valence-corrected chi connectivity index (χ2v) is 5.07. The van der Waals surface area contributed by atoms with Gasteiger partial charge < -0.3 is 9.47 Å². The first-order valence-electron chi connectivity index (χ1n) is 7.71. The zero-order chi connectivity index (χ0) is 21.4. The molecule has 0 spiro atoms. The Bertz CT molecular complexity index is 1030. The number of rotatable bonds is 4. The summed E-state index contributed by atoms with van der Waals surface area (Å²) in [6.07, 6.45) is 0. The zero-order valence-corrected chi connectivity index (χ0v) is 14.3. The van der Waals surface area contributed by atoms with Crippen LogP contribution in [0.4, 0.5) is 22.0 Å². The van der Waals surface area contributed by atoms with E-state index >= 15 is 0 Å². The van der Waals surface area contributed by atoms with Crippen LogP contribution in [0.2, 0.25) is 0 Å². The quantitative estimate of drug-likeness (QED) is 0.256. The molecule has 0 N–H and O–H groups in total. The third-order valence-electron chi connectivity index (χ3n) is 3.21. The molecule has 9 heteroatoms. The van der Waals surface area contributed by atoms with Crippen molar-refractivity contribution in [2.45, 2.75) is 0 Å². The average Bonchev–Trinajstić information content (AvgIpc) is 2.73. The fraction of sp³-hybridized carbons (Fsp3) is 0.100. The van der Waals surface area contributed by atoms with Crippen molar-refractivity contribution in [1.82, 2.24) is 0 Å². The number of carbonyl (C=O) groups excluding carboxylic acids is 2. The Labute approximate surface area is 161 Å². The van der Waals surface area contributed by atoms with E-state index < -0.39 is 53.2 Å². The summed E-state index contributed by atoms with van der Waals surface area (Å²) in [5.41, 5.74) is -1.39. The highest BCUT2D eigenvalue weighted by molar-refractivity contribution is 5.90.